The lowest BCUT2D eigenvalue weighted by molar-refractivity contribution is -0.124. The average molecular weight is 356 g/mol. The van der Waals surface area contributed by atoms with E-state index in [-0.39, 0.29) is 17.1 Å². The van der Waals surface area contributed by atoms with Crippen LogP contribution in [0.25, 0.3) is 11.0 Å². The highest BCUT2D eigenvalue weighted by molar-refractivity contribution is 6.09. The normalized spacial score (nSPS) is 13.7. The Hall–Kier alpha value is -2.68. The Morgan fingerprint density at radius 1 is 1.44 bits per heavy atom. The van der Waals surface area contributed by atoms with Crippen LogP contribution in [0.4, 0.5) is 8.78 Å². The highest BCUT2D eigenvalue weighted by atomic mass is 19.3. The van der Waals surface area contributed by atoms with Gasteiger partial charge in [-0.2, -0.15) is 0 Å². The molecular weight excluding hydrogens is 338 g/mol. The minimum Gasteiger partial charge on any atom is -0.488 e. The highest BCUT2D eigenvalue weighted by Crippen LogP contribution is 2.29. The summed E-state index contributed by atoms with van der Waals surface area (Å²) in [6.07, 6.45) is -2.63. The van der Waals surface area contributed by atoms with Crippen LogP contribution in [-0.4, -0.2) is 42.1 Å². The van der Waals surface area contributed by atoms with E-state index in [1.807, 2.05) is 0 Å². The van der Waals surface area contributed by atoms with Gasteiger partial charge in [0.15, 0.2) is 0 Å². The molecule has 0 radical (unpaired) electrons. The maximum absolute atomic E-state index is 12.5. The van der Waals surface area contributed by atoms with Crippen LogP contribution in [0.3, 0.4) is 0 Å². The van der Waals surface area contributed by atoms with Gasteiger partial charge in [0, 0.05) is 5.39 Å². The summed E-state index contributed by atoms with van der Waals surface area (Å²) in [7, 11) is 0. The molecule has 0 aliphatic carbocycles. The van der Waals surface area contributed by atoms with Gasteiger partial charge < -0.3 is 25.3 Å². The van der Waals surface area contributed by atoms with E-state index in [1.165, 1.54) is 32.0 Å². The Morgan fingerprint density at radius 2 is 2.12 bits per heavy atom. The zero-order valence-corrected chi connectivity index (χ0v) is 13.6. The van der Waals surface area contributed by atoms with Crippen molar-refractivity contribution in [3.63, 3.8) is 0 Å². The van der Waals surface area contributed by atoms with Crippen molar-refractivity contribution in [3.8, 4) is 5.75 Å². The Balaban J connectivity index is 2.39. The number of ether oxygens (including phenoxy) is 1. The zero-order chi connectivity index (χ0) is 18.8. The lowest BCUT2D eigenvalue weighted by Gasteiger charge is -2.24. The number of hydrogen-bond acceptors (Lipinski definition) is 5. The number of nitrogens with two attached hydrogens (primary N) is 1. The summed E-state index contributed by atoms with van der Waals surface area (Å²) >= 11 is 0. The van der Waals surface area contributed by atoms with E-state index in [0.717, 1.165) is 0 Å². The molecule has 0 fully saturated rings. The van der Waals surface area contributed by atoms with Gasteiger partial charge in [-0.3, -0.25) is 9.59 Å². The van der Waals surface area contributed by atoms with Crippen molar-refractivity contribution in [2.45, 2.75) is 25.8 Å². The number of halogens is 2. The van der Waals surface area contributed by atoms with Gasteiger partial charge in [-0.15, -0.1) is 0 Å². The second kappa shape index (κ2) is 7.06. The van der Waals surface area contributed by atoms with Crippen LogP contribution in [0.5, 0.6) is 5.75 Å². The molecule has 7 nitrogen and oxygen atoms in total. The topological polar surface area (TPSA) is 115 Å². The van der Waals surface area contributed by atoms with Gasteiger partial charge in [-0.1, -0.05) is 0 Å². The molecule has 2 amide bonds. The summed E-state index contributed by atoms with van der Waals surface area (Å²) < 4.78 is 35.0. The maximum Gasteiger partial charge on any atom is 0.272 e. The summed E-state index contributed by atoms with van der Waals surface area (Å²) in [6.45, 7) is 1.34. The molecule has 25 heavy (non-hydrogen) atoms. The molecule has 1 heterocycles. The highest BCUT2D eigenvalue weighted by Gasteiger charge is 2.34. The number of nitrogens with one attached hydrogen (secondary N) is 1. The second-order valence-corrected chi connectivity index (χ2v) is 5.70. The third kappa shape index (κ3) is 3.87. The largest absolute Gasteiger partial charge is 0.488 e. The number of amides is 2. The van der Waals surface area contributed by atoms with Crippen LogP contribution in [0.15, 0.2) is 22.6 Å². The van der Waals surface area contributed by atoms with E-state index in [2.05, 4.69) is 5.32 Å². The first-order valence-electron chi connectivity index (χ1n) is 7.35. The fraction of sp³-hybridized carbons (Fsp3) is 0.375. The number of carbonyl (C=O) groups is 2. The molecule has 0 saturated heterocycles. The molecule has 0 saturated carbocycles. The lowest BCUT2D eigenvalue weighted by Crippen LogP contribution is -2.57. The van der Waals surface area contributed by atoms with Crippen molar-refractivity contribution in [2.75, 3.05) is 13.2 Å². The first-order valence-corrected chi connectivity index (χ1v) is 7.35. The fourth-order valence-corrected chi connectivity index (χ4v) is 2.22. The Bertz CT molecular complexity index is 805. The first kappa shape index (κ1) is 18.7. The SMILES string of the molecule is Cc1oc2ccc(OCC(F)F)cc2c1C(=O)NC(C)(CO)C(N)=O. The predicted molar refractivity (Wildman–Crippen MR) is 84.6 cm³/mol. The molecule has 0 bridgehead atoms. The first-order chi connectivity index (χ1) is 11.7. The summed E-state index contributed by atoms with van der Waals surface area (Å²) in [4.78, 5) is 24.0. The van der Waals surface area contributed by atoms with E-state index in [4.69, 9.17) is 14.9 Å². The van der Waals surface area contributed by atoms with Crippen LogP contribution < -0.4 is 15.8 Å². The van der Waals surface area contributed by atoms with Crippen molar-refractivity contribution in [3.05, 3.63) is 29.5 Å². The predicted octanol–water partition coefficient (Wildman–Crippen LogP) is 1.35. The summed E-state index contributed by atoms with van der Waals surface area (Å²) in [6, 6.07) is 4.32. The van der Waals surface area contributed by atoms with Gasteiger partial charge in [0.1, 0.15) is 29.2 Å². The number of rotatable bonds is 7. The molecule has 1 aromatic heterocycles. The van der Waals surface area contributed by atoms with Crippen molar-refractivity contribution in [1.29, 1.82) is 0 Å². The van der Waals surface area contributed by atoms with Crippen LogP contribution in [0.2, 0.25) is 0 Å². The number of aliphatic hydroxyl groups is 1. The maximum atomic E-state index is 12.5. The van der Waals surface area contributed by atoms with Gasteiger partial charge in [0.05, 0.1) is 12.2 Å². The van der Waals surface area contributed by atoms with E-state index >= 15 is 0 Å². The van der Waals surface area contributed by atoms with Crippen LogP contribution >= 0.6 is 0 Å². The number of alkyl halides is 2. The van der Waals surface area contributed by atoms with Crippen molar-refractivity contribution < 1.29 is 32.6 Å². The number of carbonyl (C=O) groups excluding carboxylic acids is 2. The number of primary amides is 1. The molecule has 0 aliphatic rings. The molecule has 4 N–H and O–H groups in total. The van der Waals surface area contributed by atoms with Gasteiger partial charge in [-0.05, 0) is 32.0 Å². The minimum absolute atomic E-state index is 0.0958. The second-order valence-electron chi connectivity index (χ2n) is 5.70. The third-order valence-electron chi connectivity index (χ3n) is 3.69. The molecule has 9 heteroatoms. The fourth-order valence-electron chi connectivity index (χ4n) is 2.22. The van der Waals surface area contributed by atoms with Gasteiger partial charge >= 0.3 is 0 Å². The molecule has 2 rings (SSSR count). The standard InChI is InChI=1S/C16H18F2N2O5/c1-8-13(14(22)20-16(2,7-21)15(19)23)10-5-9(24-6-12(17)18)3-4-11(10)25-8/h3-5,12,21H,6-7H2,1-2H3,(H2,19,23)(H,20,22). The molecule has 1 unspecified atom stereocenters. The molecule has 1 aromatic carbocycles. The van der Waals surface area contributed by atoms with Gasteiger partial charge in [-0.25, -0.2) is 8.78 Å². The number of hydrogen-bond donors (Lipinski definition) is 3. The van der Waals surface area contributed by atoms with Crippen molar-refractivity contribution in [2.24, 2.45) is 5.73 Å². The number of fused-ring (bicyclic) bond motifs is 1. The third-order valence-corrected chi connectivity index (χ3v) is 3.69. The summed E-state index contributed by atoms with van der Waals surface area (Å²) in [5.41, 5.74) is 3.98. The summed E-state index contributed by atoms with van der Waals surface area (Å²) in [5, 5.41) is 12.0. The molecule has 2 aromatic rings. The van der Waals surface area contributed by atoms with Crippen LogP contribution in [0, 0.1) is 6.92 Å². The number of furan rings is 1. The quantitative estimate of drug-likeness (QED) is 0.693. The van der Waals surface area contributed by atoms with Crippen LogP contribution in [0.1, 0.15) is 23.0 Å². The Morgan fingerprint density at radius 3 is 2.68 bits per heavy atom. The Kier molecular flexibility index (Phi) is 5.27. The zero-order valence-electron chi connectivity index (χ0n) is 13.6. The van der Waals surface area contributed by atoms with E-state index in [9.17, 15) is 23.5 Å². The molecule has 0 spiro atoms. The molecule has 1 atom stereocenters. The number of aryl methyl sites for hydroxylation is 1. The average Bonchev–Trinajstić information content (AvgIpc) is 2.87. The molecule has 0 aliphatic heterocycles. The number of aliphatic hydroxyl groups excluding tert-OH is 1. The van der Waals surface area contributed by atoms with Crippen LogP contribution in [-0.2, 0) is 4.79 Å². The van der Waals surface area contributed by atoms with E-state index < -0.39 is 37.0 Å². The lowest BCUT2D eigenvalue weighted by atomic mass is 10.0. The van der Waals surface area contributed by atoms with Crippen molar-refractivity contribution >= 4 is 22.8 Å². The van der Waals surface area contributed by atoms with E-state index in [1.54, 1.807) is 0 Å². The van der Waals surface area contributed by atoms with Crippen molar-refractivity contribution in [1.82, 2.24) is 5.32 Å². The number of benzene rings is 1. The van der Waals surface area contributed by atoms with Gasteiger partial charge in [0.2, 0.25) is 5.91 Å². The summed E-state index contributed by atoms with van der Waals surface area (Å²) in [5.74, 6) is -1.21. The molecular formula is C16H18F2N2O5. The molecule has 136 valence electrons. The smallest absolute Gasteiger partial charge is 0.272 e. The van der Waals surface area contributed by atoms with E-state index in [0.29, 0.717) is 11.0 Å². The minimum atomic E-state index is -2.63. The van der Waals surface area contributed by atoms with Gasteiger partial charge in [0.25, 0.3) is 12.3 Å². The Labute approximate surface area is 141 Å². The monoisotopic (exact) mass is 356 g/mol.